The standard InChI is InChI=1S/C16H19N5O4S/c22-14-6-5-12(18-19-14)15(23)21-9-7-16(8-10-21)17-11-3-1-2-4-13(11)26(24,25)20-16/h1-4,17,20H,5-10H2,(H,19,22). The Morgan fingerprint density at radius 1 is 1.15 bits per heavy atom. The molecule has 3 heterocycles. The van der Waals surface area contributed by atoms with E-state index in [2.05, 4.69) is 20.6 Å². The Kier molecular flexibility index (Phi) is 3.96. The predicted octanol–water partition coefficient (Wildman–Crippen LogP) is -0.0249. The number of sulfonamides is 1. The minimum atomic E-state index is -3.60. The predicted molar refractivity (Wildman–Crippen MR) is 93.7 cm³/mol. The van der Waals surface area contributed by atoms with E-state index in [9.17, 15) is 18.0 Å². The third-order valence-corrected chi connectivity index (χ3v) is 6.53. The second kappa shape index (κ2) is 6.06. The number of hydrogen-bond donors (Lipinski definition) is 3. The number of hydrazone groups is 1. The largest absolute Gasteiger partial charge is 0.365 e. The molecule has 1 aromatic rings. The number of carbonyl (C=O) groups excluding carboxylic acids is 2. The van der Waals surface area contributed by atoms with Crippen molar-refractivity contribution in [1.29, 1.82) is 0 Å². The average Bonchev–Trinajstić information content (AvgIpc) is 2.62. The zero-order chi connectivity index (χ0) is 18.4. The Labute approximate surface area is 150 Å². The molecule has 2 amide bonds. The van der Waals surface area contributed by atoms with Gasteiger partial charge in [0.15, 0.2) is 0 Å². The van der Waals surface area contributed by atoms with Crippen LogP contribution in [0.3, 0.4) is 0 Å². The van der Waals surface area contributed by atoms with Crippen molar-refractivity contribution in [3.8, 4) is 0 Å². The summed E-state index contributed by atoms with van der Waals surface area (Å²) < 4.78 is 27.8. The second-order valence-corrected chi connectivity index (χ2v) is 8.35. The fourth-order valence-corrected chi connectivity index (χ4v) is 5.07. The van der Waals surface area contributed by atoms with Gasteiger partial charge in [-0.3, -0.25) is 9.59 Å². The maximum absolute atomic E-state index is 12.5. The fourth-order valence-electron chi connectivity index (χ4n) is 3.53. The van der Waals surface area contributed by atoms with Crippen LogP contribution in [0.25, 0.3) is 0 Å². The van der Waals surface area contributed by atoms with E-state index < -0.39 is 15.7 Å². The molecule has 10 heteroatoms. The third-order valence-electron chi connectivity index (χ3n) is 4.94. The van der Waals surface area contributed by atoms with E-state index in [1.807, 2.05) is 0 Å². The van der Waals surface area contributed by atoms with Crippen molar-refractivity contribution in [2.75, 3.05) is 18.4 Å². The molecular formula is C16H19N5O4S. The quantitative estimate of drug-likeness (QED) is 0.635. The molecule has 3 aliphatic heterocycles. The molecule has 0 radical (unpaired) electrons. The fraction of sp³-hybridized carbons (Fsp3) is 0.438. The van der Waals surface area contributed by atoms with Gasteiger partial charge in [-0.2, -0.15) is 9.82 Å². The van der Waals surface area contributed by atoms with Gasteiger partial charge < -0.3 is 10.2 Å². The van der Waals surface area contributed by atoms with Crippen LogP contribution in [0.1, 0.15) is 25.7 Å². The lowest BCUT2D eigenvalue weighted by molar-refractivity contribution is -0.126. The molecule has 9 nitrogen and oxygen atoms in total. The smallest absolute Gasteiger partial charge is 0.270 e. The van der Waals surface area contributed by atoms with Gasteiger partial charge in [0.2, 0.25) is 15.9 Å². The minimum Gasteiger partial charge on any atom is -0.365 e. The van der Waals surface area contributed by atoms with Crippen molar-refractivity contribution in [1.82, 2.24) is 15.0 Å². The molecule has 0 aliphatic carbocycles. The molecule has 1 fully saturated rings. The molecule has 0 unspecified atom stereocenters. The van der Waals surface area contributed by atoms with Gasteiger partial charge in [-0.05, 0) is 12.1 Å². The number of anilines is 1. The summed E-state index contributed by atoms with van der Waals surface area (Å²) in [6, 6.07) is 6.77. The van der Waals surface area contributed by atoms with Crippen LogP contribution in [-0.2, 0) is 19.6 Å². The number of para-hydroxylation sites is 1. The van der Waals surface area contributed by atoms with Crippen molar-refractivity contribution in [3.05, 3.63) is 24.3 Å². The summed E-state index contributed by atoms with van der Waals surface area (Å²) in [4.78, 5) is 25.6. The molecular weight excluding hydrogens is 358 g/mol. The Hall–Kier alpha value is -2.46. The molecule has 0 aromatic heterocycles. The number of nitrogens with zero attached hydrogens (tertiary/aromatic N) is 2. The van der Waals surface area contributed by atoms with Crippen LogP contribution in [0.5, 0.6) is 0 Å². The average molecular weight is 377 g/mol. The number of fused-ring (bicyclic) bond motifs is 1. The highest BCUT2D eigenvalue weighted by molar-refractivity contribution is 7.89. The van der Waals surface area contributed by atoms with Gasteiger partial charge in [0.25, 0.3) is 5.91 Å². The van der Waals surface area contributed by atoms with Crippen molar-refractivity contribution in [3.63, 3.8) is 0 Å². The Balaban J connectivity index is 1.49. The molecule has 3 N–H and O–H groups in total. The van der Waals surface area contributed by atoms with E-state index in [1.54, 1.807) is 29.2 Å². The highest BCUT2D eigenvalue weighted by Gasteiger charge is 2.44. The third kappa shape index (κ3) is 2.95. The molecule has 0 bridgehead atoms. The summed E-state index contributed by atoms with van der Waals surface area (Å²) in [5, 5.41) is 7.14. The number of rotatable bonds is 1. The highest BCUT2D eigenvalue weighted by atomic mass is 32.2. The molecule has 4 rings (SSSR count). The lowest BCUT2D eigenvalue weighted by atomic mass is 9.96. The lowest BCUT2D eigenvalue weighted by Gasteiger charge is -2.45. The van der Waals surface area contributed by atoms with Crippen molar-refractivity contribution in [2.24, 2.45) is 5.10 Å². The van der Waals surface area contributed by atoms with Crippen LogP contribution in [0, 0.1) is 0 Å². The number of amides is 2. The molecule has 3 aliphatic rings. The Morgan fingerprint density at radius 2 is 1.88 bits per heavy atom. The molecule has 26 heavy (non-hydrogen) atoms. The lowest BCUT2D eigenvalue weighted by Crippen LogP contribution is -2.62. The first-order chi connectivity index (χ1) is 12.4. The van der Waals surface area contributed by atoms with Crippen molar-refractivity contribution < 1.29 is 18.0 Å². The van der Waals surface area contributed by atoms with Gasteiger partial charge >= 0.3 is 0 Å². The van der Waals surface area contributed by atoms with E-state index in [0.29, 0.717) is 43.8 Å². The van der Waals surface area contributed by atoms with Crippen LogP contribution in [0.4, 0.5) is 5.69 Å². The summed E-state index contributed by atoms with van der Waals surface area (Å²) in [6.07, 6.45) is 1.45. The SMILES string of the molecule is O=C1CCC(C(=O)N2CCC3(CC2)Nc2ccccc2S(=O)(=O)N3)=NN1. The van der Waals surface area contributed by atoms with Gasteiger partial charge in [-0.1, -0.05) is 12.1 Å². The Morgan fingerprint density at radius 3 is 2.58 bits per heavy atom. The zero-order valence-electron chi connectivity index (χ0n) is 14.0. The maximum atomic E-state index is 12.5. The number of nitrogens with one attached hydrogen (secondary N) is 3. The first kappa shape index (κ1) is 17.0. The van der Waals surface area contributed by atoms with Crippen LogP contribution < -0.4 is 15.5 Å². The molecule has 1 saturated heterocycles. The van der Waals surface area contributed by atoms with Gasteiger partial charge in [-0.15, -0.1) is 0 Å². The van der Waals surface area contributed by atoms with E-state index in [-0.39, 0.29) is 23.1 Å². The highest BCUT2D eigenvalue weighted by Crippen LogP contribution is 2.34. The molecule has 0 atom stereocenters. The van der Waals surface area contributed by atoms with Crippen LogP contribution in [-0.4, -0.2) is 49.6 Å². The van der Waals surface area contributed by atoms with Gasteiger partial charge in [0.05, 0.1) is 5.69 Å². The van der Waals surface area contributed by atoms with Gasteiger partial charge in [0, 0.05) is 38.8 Å². The zero-order valence-corrected chi connectivity index (χ0v) is 14.8. The topological polar surface area (TPSA) is 120 Å². The molecule has 0 saturated carbocycles. The summed E-state index contributed by atoms with van der Waals surface area (Å²) in [5.41, 5.74) is 2.44. The van der Waals surface area contributed by atoms with E-state index in [1.165, 1.54) is 0 Å². The number of likely N-dealkylation sites (tertiary alicyclic amines) is 1. The second-order valence-electron chi connectivity index (χ2n) is 6.69. The molecule has 1 aromatic carbocycles. The van der Waals surface area contributed by atoms with E-state index in [0.717, 1.165) is 0 Å². The first-order valence-electron chi connectivity index (χ1n) is 8.44. The van der Waals surface area contributed by atoms with Gasteiger partial charge in [0.1, 0.15) is 16.3 Å². The van der Waals surface area contributed by atoms with Crippen LogP contribution in [0.2, 0.25) is 0 Å². The summed E-state index contributed by atoms with van der Waals surface area (Å²) in [5.74, 6) is -0.405. The van der Waals surface area contributed by atoms with Crippen molar-refractivity contribution >= 4 is 33.2 Å². The monoisotopic (exact) mass is 377 g/mol. The molecule has 1 spiro atoms. The van der Waals surface area contributed by atoms with E-state index >= 15 is 0 Å². The first-order valence-corrected chi connectivity index (χ1v) is 9.93. The summed E-state index contributed by atoms with van der Waals surface area (Å²) >= 11 is 0. The van der Waals surface area contributed by atoms with Crippen LogP contribution in [0.15, 0.2) is 34.3 Å². The number of hydrogen-bond acceptors (Lipinski definition) is 6. The van der Waals surface area contributed by atoms with E-state index in [4.69, 9.17) is 0 Å². The molecule has 138 valence electrons. The minimum absolute atomic E-state index is 0.196. The number of benzene rings is 1. The van der Waals surface area contributed by atoms with Crippen LogP contribution >= 0.6 is 0 Å². The Bertz CT molecular complexity index is 903. The van der Waals surface area contributed by atoms with Crippen molar-refractivity contribution in [2.45, 2.75) is 36.2 Å². The maximum Gasteiger partial charge on any atom is 0.270 e. The number of carbonyl (C=O) groups is 2. The summed E-state index contributed by atoms with van der Waals surface area (Å²) in [6.45, 7) is 0.785. The number of piperidine rings is 1. The summed E-state index contributed by atoms with van der Waals surface area (Å²) in [7, 11) is -3.60. The van der Waals surface area contributed by atoms with Gasteiger partial charge in [-0.25, -0.2) is 13.8 Å². The normalized spacial score (nSPS) is 23.5.